The second kappa shape index (κ2) is 6.23. The summed E-state index contributed by atoms with van der Waals surface area (Å²) < 4.78 is 5.17. The smallest absolute Gasteiger partial charge is 0.314 e. The lowest BCUT2D eigenvalue weighted by Gasteiger charge is -2.04. The van der Waals surface area contributed by atoms with Gasteiger partial charge in [0.05, 0.1) is 7.11 Å². The maximum absolute atomic E-state index is 10.8. The van der Waals surface area contributed by atoms with Gasteiger partial charge in [0.15, 0.2) is 0 Å². The third-order valence-electron chi connectivity index (χ3n) is 1.05. The van der Waals surface area contributed by atoms with Gasteiger partial charge >= 0.3 is 5.97 Å². The van der Waals surface area contributed by atoms with Gasteiger partial charge < -0.3 is 4.74 Å². The Balaban J connectivity index is 4.08. The van der Waals surface area contributed by atoms with Crippen LogP contribution in [0.25, 0.3) is 10.4 Å². The highest BCUT2D eigenvalue weighted by atomic mass is 127. The van der Waals surface area contributed by atoms with Crippen molar-refractivity contribution in [1.82, 2.24) is 0 Å². The molecule has 0 aromatic heterocycles. The van der Waals surface area contributed by atoms with Crippen LogP contribution in [-0.4, -0.2) is 23.5 Å². The van der Waals surface area contributed by atoms with Crippen molar-refractivity contribution in [2.75, 3.05) is 11.5 Å². The van der Waals surface area contributed by atoms with E-state index in [4.69, 9.17) is 5.53 Å². The Morgan fingerprint density at radius 2 is 2.55 bits per heavy atom. The van der Waals surface area contributed by atoms with E-state index in [9.17, 15) is 4.79 Å². The molecule has 62 valence electrons. The van der Waals surface area contributed by atoms with Crippen molar-refractivity contribution in [3.63, 3.8) is 0 Å². The molecular formula is C5H8IN3O2. The van der Waals surface area contributed by atoms with Crippen LogP contribution in [0, 0.1) is 0 Å². The molecule has 0 bridgehead atoms. The van der Waals surface area contributed by atoms with Crippen LogP contribution in [0.3, 0.4) is 0 Å². The fraction of sp³-hybridized carbons (Fsp3) is 0.800. The van der Waals surface area contributed by atoms with Gasteiger partial charge in [-0.2, -0.15) is 0 Å². The van der Waals surface area contributed by atoms with Crippen LogP contribution in [0.5, 0.6) is 0 Å². The van der Waals surface area contributed by atoms with Gasteiger partial charge in [0.25, 0.3) is 0 Å². The molecule has 0 radical (unpaired) electrons. The number of halogens is 1. The molecule has 0 aromatic carbocycles. The van der Waals surface area contributed by atoms with E-state index in [1.807, 2.05) is 0 Å². The summed E-state index contributed by atoms with van der Waals surface area (Å²) in [5.74, 6) is -0.473. The summed E-state index contributed by atoms with van der Waals surface area (Å²) in [7, 11) is 1.27. The lowest BCUT2D eigenvalue weighted by molar-refractivity contribution is -0.142. The van der Waals surface area contributed by atoms with Gasteiger partial charge in [-0.3, -0.25) is 4.79 Å². The molecule has 0 aromatic rings. The largest absolute Gasteiger partial charge is 0.469 e. The van der Waals surface area contributed by atoms with Crippen LogP contribution in [0.15, 0.2) is 5.11 Å². The zero-order valence-corrected chi connectivity index (χ0v) is 8.19. The molecule has 0 fully saturated rings. The molecule has 0 aliphatic heterocycles. The maximum Gasteiger partial charge on any atom is 0.314 e. The number of carbonyl (C=O) groups is 1. The minimum absolute atomic E-state index is 0.473. The molecule has 0 saturated heterocycles. The molecule has 6 heteroatoms. The standard InChI is InChI=1S/C5H8IN3O2/c1-11-5(10)4(2-3-6)8-9-7/h4H,2-3H2,1H3. The fourth-order valence-electron chi connectivity index (χ4n) is 0.524. The van der Waals surface area contributed by atoms with Gasteiger partial charge in [0.1, 0.15) is 6.04 Å². The minimum Gasteiger partial charge on any atom is -0.469 e. The highest BCUT2D eigenvalue weighted by Crippen LogP contribution is 2.03. The molecule has 0 aliphatic carbocycles. The second-order valence-electron chi connectivity index (χ2n) is 1.72. The molecule has 0 saturated carbocycles. The second-order valence-corrected chi connectivity index (χ2v) is 2.80. The molecule has 1 atom stereocenters. The SMILES string of the molecule is COC(=O)C(CCI)N=[N+]=[N-]. The number of azide groups is 1. The first-order valence-corrected chi connectivity index (χ1v) is 4.46. The number of carbonyl (C=O) groups excluding carboxylic acids is 1. The Morgan fingerprint density at radius 3 is 2.91 bits per heavy atom. The normalized spacial score (nSPS) is 11.5. The van der Waals surface area contributed by atoms with E-state index in [1.165, 1.54) is 7.11 Å². The quantitative estimate of drug-likeness (QED) is 0.194. The lowest BCUT2D eigenvalue weighted by atomic mass is 10.2. The number of ether oxygens (including phenoxy) is 1. The molecule has 5 nitrogen and oxygen atoms in total. The van der Waals surface area contributed by atoms with E-state index in [0.717, 1.165) is 4.43 Å². The average molecular weight is 269 g/mol. The van der Waals surface area contributed by atoms with Gasteiger partial charge in [0.2, 0.25) is 0 Å². The predicted octanol–water partition coefficient (Wildman–Crippen LogP) is 1.66. The number of esters is 1. The van der Waals surface area contributed by atoms with E-state index in [0.29, 0.717) is 6.42 Å². The molecule has 1 unspecified atom stereocenters. The van der Waals surface area contributed by atoms with Crippen molar-refractivity contribution in [2.45, 2.75) is 12.5 Å². The highest BCUT2D eigenvalue weighted by molar-refractivity contribution is 14.1. The summed E-state index contributed by atoms with van der Waals surface area (Å²) in [6, 6.07) is -0.665. The summed E-state index contributed by atoms with van der Waals surface area (Å²) in [6.07, 6.45) is 0.525. The highest BCUT2D eigenvalue weighted by Gasteiger charge is 2.15. The van der Waals surface area contributed by atoms with Crippen molar-refractivity contribution in [2.24, 2.45) is 5.11 Å². The average Bonchev–Trinajstić information content (AvgIpc) is 2.03. The first-order valence-electron chi connectivity index (χ1n) is 2.94. The van der Waals surface area contributed by atoms with Crippen LogP contribution in [0.2, 0.25) is 0 Å². The van der Waals surface area contributed by atoms with E-state index < -0.39 is 12.0 Å². The van der Waals surface area contributed by atoms with Crippen LogP contribution in [-0.2, 0) is 9.53 Å². The van der Waals surface area contributed by atoms with E-state index in [1.54, 1.807) is 0 Å². The lowest BCUT2D eigenvalue weighted by Crippen LogP contribution is -2.19. The van der Waals surface area contributed by atoms with Crippen LogP contribution < -0.4 is 0 Å². The van der Waals surface area contributed by atoms with Crippen molar-refractivity contribution >= 4 is 28.6 Å². The van der Waals surface area contributed by atoms with Crippen molar-refractivity contribution in [3.05, 3.63) is 10.4 Å². The van der Waals surface area contributed by atoms with E-state index >= 15 is 0 Å². The summed E-state index contributed by atoms with van der Waals surface area (Å²) in [5, 5.41) is 3.29. The Labute approximate surface area is 77.9 Å². The minimum atomic E-state index is -0.665. The zero-order valence-electron chi connectivity index (χ0n) is 6.03. The van der Waals surface area contributed by atoms with Crippen molar-refractivity contribution in [3.8, 4) is 0 Å². The predicted molar refractivity (Wildman–Crippen MR) is 48.5 cm³/mol. The third-order valence-corrected chi connectivity index (χ3v) is 1.67. The summed E-state index contributed by atoms with van der Waals surface area (Å²) in [6.45, 7) is 0. The molecule has 0 spiro atoms. The van der Waals surface area contributed by atoms with Crippen LogP contribution >= 0.6 is 22.6 Å². The van der Waals surface area contributed by atoms with Crippen molar-refractivity contribution < 1.29 is 9.53 Å². The monoisotopic (exact) mass is 269 g/mol. The van der Waals surface area contributed by atoms with Gasteiger partial charge in [-0.05, 0) is 12.0 Å². The fourth-order valence-corrected chi connectivity index (χ4v) is 1.11. The Kier molecular flexibility index (Phi) is 5.96. The third kappa shape index (κ3) is 4.05. The first kappa shape index (κ1) is 10.5. The Hall–Kier alpha value is -0.490. The molecule has 0 N–H and O–H groups in total. The number of hydrogen-bond acceptors (Lipinski definition) is 3. The van der Waals surface area contributed by atoms with Crippen LogP contribution in [0.1, 0.15) is 6.42 Å². The van der Waals surface area contributed by atoms with Gasteiger partial charge in [-0.15, -0.1) is 0 Å². The molecule has 0 amide bonds. The molecule has 0 rings (SSSR count). The van der Waals surface area contributed by atoms with E-state index in [2.05, 4.69) is 37.4 Å². The topological polar surface area (TPSA) is 75.1 Å². The number of hydrogen-bond donors (Lipinski definition) is 0. The summed E-state index contributed by atoms with van der Waals surface area (Å²) in [5.41, 5.74) is 8.06. The Bertz CT molecular complexity index is 179. The Morgan fingerprint density at radius 1 is 1.91 bits per heavy atom. The van der Waals surface area contributed by atoms with E-state index in [-0.39, 0.29) is 0 Å². The number of alkyl halides is 1. The molecule has 11 heavy (non-hydrogen) atoms. The van der Waals surface area contributed by atoms with Gasteiger partial charge in [-0.1, -0.05) is 27.7 Å². The molecule has 0 aliphatic rings. The first-order chi connectivity index (χ1) is 5.26. The summed E-state index contributed by atoms with van der Waals surface area (Å²) >= 11 is 2.10. The van der Waals surface area contributed by atoms with Crippen molar-refractivity contribution in [1.29, 1.82) is 0 Å². The maximum atomic E-state index is 10.8. The van der Waals surface area contributed by atoms with Gasteiger partial charge in [0, 0.05) is 9.34 Å². The zero-order chi connectivity index (χ0) is 8.69. The molecule has 0 heterocycles. The number of nitrogens with zero attached hydrogens (tertiary/aromatic N) is 3. The van der Waals surface area contributed by atoms with Gasteiger partial charge in [-0.25, -0.2) is 0 Å². The number of methoxy groups -OCH3 is 1. The van der Waals surface area contributed by atoms with Crippen LogP contribution in [0.4, 0.5) is 0 Å². The number of rotatable bonds is 4. The summed E-state index contributed by atoms with van der Waals surface area (Å²) in [4.78, 5) is 13.3. The molecular weight excluding hydrogens is 261 g/mol.